The minimum absolute atomic E-state index is 0.0810. The van der Waals surface area contributed by atoms with Crippen molar-refractivity contribution < 1.29 is 9.59 Å². The molecule has 0 unspecified atom stereocenters. The van der Waals surface area contributed by atoms with E-state index in [1.807, 2.05) is 36.4 Å². The number of hydrogen-bond donors (Lipinski definition) is 1. The molecule has 0 bridgehead atoms. The van der Waals surface area contributed by atoms with Crippen LogP contribution in [0, 0.1) is 0 Å². The van der Waals surface area contributed by atoms with Crippen molar-refractivity contribution in [3.8, 4) is 0 Å². The molecule has 1 spiro atoms. The van der Waals surface area contributed by atoms with E-state index in [1.54, 1.807) is 0 Å². The molecule has 0 aromatic heterocycles. The first-order valence-corrected chi connectivity index (χ1v) is 12.0. The zero-order valence-electron chi connectivity index (χ0n) is 18.8. The number of piperazine rings is 1. The van der Waals surface area contributed by atoms with Crippen LogP contribution in [0.15, 0.2) is 54.6 Å². The number of urea groups is 1. The average Bonchev–Trinajstić information content (AvgIpc) is 3.04. The van der Waals surface area contributed by atoms with Crippen LogP contribution >= 0.6 is 11.6 Å². The summed E-state index contributed by atoms with van der Waals surface area (Å²) < 4.78 is 0. The quantitative estimate of drug-likeness (QED) is 0.685. The molecule has 2 aromatic rings. The van der Waals surface area contributed by atoms with Crippen LogP contribution in [-0.2, 0) is 11.3 Å². The molecule has 3 amide bonds. The second kappa shape index (κ2) is 9.33. The third-order valence-electron chi connectivity index (χ3n) is 6.95. The molecular formula is C25H30ClN5O2. The summed E-state index contributed by atoms with van der Waals surface area (Å²) in [4.78, 5) is 34.5. The van der Waals surface area contributed by atoms with E-state index in [0.717, 1.165) is 56.4 Å². The fourth-order valence-corrected chi connectivity index (χ4v) is 5.41. The number of hydrogen-bond acceptors (Lipinski definition) is 5. The van der Waals surface area contributed by atoms with Crippen LogP contribution in [0.1, 0.15) is 18.4 Å². The van der Waals surface area contributed by atoms with E-state index >= 15 is 0 Å². The van der Waals surface area contributed by atoms with Crippen LogP contribution in [0.25, 0.3) is 0 Å². The van der Waals surface area contributed by atoms with Crippen molar-refractivity contribution in [1.82, 2.24) is 20.0 Å². The van der Waals surface area contributed by atoms with E-state index in [9.17, 15) is 9.59 Å². The van der Waals surface area contributed by atoms with Gasteiger partial charge in [0.25, 0.3) is 5.91 Å². The highest BCUT2D eigenvalue weighted by Gasteiger charge is 2.53. The standard InChI is InChI=1S/C25H30ClN5O2/c26-21-8-4-9-22(16-21)30-14-12-28(13-15-30)19-31-23(32)25(27-24(31)33)10-5-11-29(18-25)17-20-6-2-1-3-7-20/h1-4,6-9,16H,5,10-15,17-19H2,(H,27,33)/t25-/m1/s1. The number of piperidine rings is 1. The van der Waals surface area contributed by atoms with Crippen molar-refractivity contribution in [2.45, 2.75) is 24.9 Å². The zero-order valence-corrected chi connectivity index (χ0v) is 19.5. The molecule has 174 valence electrons. The Morgan fingerprint density at radius 3 is 2.45 bits per heavy atom. The molecule has 1 atom stereocenters. The molecule has 0 aliphatic carbocycles. The topological polar surface area (TPSA) is 59.1 Å². The minimum Gasteiger partial charge on any atom is -0.369 e. The van der Waals surface area contributed by atoms with Crippen molar-refractivity contribution in [2.24, 2.45) is 0 Å². The summed E-state index contributed by atoms with van der Waals surface area (Å²) in [5.41, 5.74) is 1.53. The Labute approximate surface area is 199 Å². The highest BCUT2D eigenvalue weighted by Crippen LogP contribution is 2.30. The van der Waals surface area contributed by atoms with Gasteiger partial charge in [-0.1, -0.05) is 48.0 Å². The van der Waals surface area contributed by atoms with Crippen LogP contribution in [-0.4, -0.2) is 78.1 Å². The average molecular weight is 468 g/mol. The Balaban J connectivity index is 1.19. The minimum atomic E-state index is -0.799. The summed E-state index contributed by atoms with van der Waals surface area (Å²) in [5, 5.41) is 3.79. The molecule has 3 aliphatic heterocycles. The number of halogens is 1. The molecule has 3 aliphatic rings. The van der Waals surface area contributed by atoms with E-state index in [0.29, 0.717) is 19.6 Å². The van der Waals surface area contributed by atoms with Crippen LogP contribution in [0.4, 0.5) is 10.5 Å². The van der Waals surface area contributed by atoms with Gasteiger partial charge in [-0.2, -0.15) is 0 Å². The van der Waals surface area contributed by atoms with E-state index in [1.165, 1.54) is 10.5 Å². The summed E-state index contributed by atoms with van der Waals surface area (Å²) in [6.45, 7) is 5.87. The van der Waals surface area contributed by atoms with E-state index in [4.69, 9.17) is 11.6 Å². The van der Waals surface area contributed by atoms with Crippen molar-refractivity contribution in [2.75, 3.05) is 50.8 Å². The maximum absolute atomic E-state index is 13.5. The van der Waals surface area contributed by atoms with E-state index in [2.05, 4.69) is 38.2 Å². The fourth-order valence-electron chi connectivity index (χ4n) is 5.22. The second-order valence-corrected chi connectivity index (χ2v) is 9.71. The summed E-state index contributed by atoms with van der Waals surface area (Å²) in [6.07, 6.45) is 1.59. The molecule has 3 heterocycles. The number of benzene rings is 2. The number of carbonyl (C=O) groups is 2. The zero-order chi connectivity index (χ0) is 22.8. The summed E-state index contributed by atoms with van der Waals surface area (Å²) in [7, 11) is 0. The molecule has 3 saturated heterocycles. The fraction of sp³-hybridized carbons (Fsp3) is 0.440. The van der Waals surface area contributed by atoms with Gasteiger partial charge in [0.05, 0.1) is 6.67 Å². The van der Waals surface area contributed by atoms with Crippen molar-refractivity contribution in [3.63, 3.8) is 0 Å². The summed E-state index contributed by atoms with van der Waals surface area (Å²) in [5.74, 6) is -0.0810. The lowest BCUT2D eigenvalue weighted by Crippen LogP contribution is -2.58. The van der Waals surface area contributed by atoms with E-state index in [-0.39, 0.29) is 11.9 Å². The molecule has 3 fully saturated rings. The molecule has 0 saturated carbocycles. The number of anilines is 1. The molecule has 7 nitrogen and oxygen atoms in total. The third kappa shape index (κ3) is 4.71. The number of nitrogens with one attached hydrogen (secondary N) is 1. The highest BCUT2D eigenvalue weighted by atomic mass is 35.5. The normalized spacial score (nSPS) is 24.5. The Hall–Kier alpha value is -2.61. The lowest BCUT2D eigenvalue weighted by molar-refractivity contribution is -0.134. The molecule has 0 radical (unpaired) electrons. The lowest BCUT2D eigenvalue weighted by atomic mass is 9.88. The summed E-state index contributed by atoms with van der Waals surface area (Å²) >= 11 is 6.14. The van der Waals surface area contributed by atoms with Gasteiger partial charge in [-0.3, -0.25) is 14.6 Å². The number of amides is 3. The first kappa shape index (κ1) is 22.2. The van der Waals surface area contributed by atoms with Crippen molar-refractivity contribution >= 4 is 29.2 Å². The van der Waals surface area contributed by atoms with Gasteiger partial charge in [-0.25, -0.2) is 9.69 Å². The van der Waals surface area contributed by atoms with Gasteiger partial charge in [0, 0.05) is 50.0 Å². The monoisotopic (exact) mass is 467 g/mol. The van der Waals surface area contributed by atoms with Gasteiger partial charge in [-0.15, -0.1) is 0 Å². The van der Waals surface area contributed by atoms with Crippen molar-refractivity contribution in [3.05, 3.63) is 65.2 Å². The second-order valence-electron chi connectivity index (χ2n) is 9.27. The van der Waals surface area contributed by atoms with Gasteiger partial charge in [0.15, 0.2) is 0 Å². The van der Waals surface area contributed by atoms with Crippen LogP contribution in [0.2, 0.25) is 5.02 Å². The van der Waals surface area contributed by atoms with Crippen LogP contribution in [0.5, 0.6) is 0 Å². The maximum atomic E-state index is 13.5. The predicted molar refractivity (Wildman–Crippen MR) is 129 cm³/mol. The van der Waals surface area contributed by atoms with Crippen LogP contribution < -0.4 is 10.2 Å². The van der Waals surface area contributed by atoms with Gasteiger partial charge in [0.2, 0.25) is 0 Å². The highest BCUT2D eigenvalue weighted by molar-refractivity contribution is 6.30. The van der Waals surface area contributed by atoms with Crippen LogP contribution in [0.3, 0.4) is 0 Å². The number of rotatable bonds is 5. The maximum Gasteiger partial charge on any atom is 0.326 e. The Morgan fingerprint density at radius 1 is 0.909 bits per heavy atom. The van der Waals surface area contributed by atoms with Crippen molar-refractivity contribution in [1.29, 1.82) is 0 Å². The third-order valence-corrected chi connectivity index (χ3v) is 7.19. The summed E-state index contributed by atoms with van der Waals surface area (Å²) in [6, 6.07) is 17.9. The molecule has 33 heavy (non-hydrogen) atoms. The molecule has 5 rings (SSSR count). The molecular weight excluding hydrogens is 438 g/mol. The van der Waals surface area contributed by atoms with Gasteiger partial charge in [-0.05, 0) is 43.1 Å². The Kier molecular flexibility index (Phi) is 6.27. The lowest BCUT2D eigenvalue weighted by Gasteiger charge is -2.39. The first-order chi connectivity index (χ1) is 16.0. The molecule has 8 heteroatoms. The smallest absolute Gasteiger partial charge is 0.326 e. The predicted octanol–water partition coefficient (Wildman–Crippen LogP) is 3.01. The largest absolute Gasteiger partial charge is 0.369 e. The first-order valence-electron chi connectivity index (χ1n) is 11.7. The number of likely N-dealkylation sites (tertiary alicyclic amines) is 1. The van der Waals surface area contributed by atoms with E-state index < -0.39 is 5.54 Å². The van der Waals surface area contributed by atoms with Gasteiger partial charge >= 0.3 is 6.03 Å². The number of nitrogens with zero attached hydrogens (tertiary/aromatic N) is 4. The van der Waals surface area contributed by atoms with Gasteiger partial charge in [0.1, 0.15) is 5.54 Å². The number of carbonyl (C=O) groups excluding carboxylic acids is 2. The SMILES string of the molecule is O=C1N[C@@]2(CCCN(Cc3ccccc3)C2)C(=O)N1CN1CCN(c2cccc(Cl)c2)CC1. The molecule has 1 N–H and O–H groups in total. The number of imide groups is 1. The Morgan fingerprint density at radius 2 is 1.70 bits per heavy atom. The van der Waals surface area contributed by atoms with Gasteiger partial charge < -0.3 is 10.2 Å². The molecule has 2 aromatic carbocycles. The Bertz CT molecular complexity index is 1010.